The van der Waals surface area contributed by atoms with Crippen molar-refractivity contribution in [2.45, 2.75) is 57.2 Å². The van der Waals surface area contributed by atoms with Crippen molar-refractivity contribution in [2.24, 2.45) is 0 Å². The topological polar surface area (TPSA) is 15.3 Å². The van der Waals surface area contributed by atoms with Crippen LogP contribution in [0.15, 0.2) is 0 Å². The Morgan fingerprint density at radius 2 is 1.92 bits per heavy atom. The summed E-state index contributed by atoms with van der Waals surface area (Å²) in [6.45, 7) is 6.10. The van der Waals surface area contributed by atoms with Crippen LogP contribution in [0.2, 0.25) is 0 Å². The number of nitrogens with zero attached hydrogens (tertiary/aromatic N) is 1. The molecule has 1 unspecified atom stereocenters. The second-order valence-corrected chi connectivity index (χ2v) is 5.06. The third-order valence-corrected chi connectivity index (χ3v) is 3.82. The van der Waals surface area contributed by atoms with Gasteiger partial charge in [-0.2, -0.15) is 0 Å². The maximum atomic E-state index is 3.47. The first-order valence-electron chi connectivity index (χ1n) is 5.60. The highest BCUT2D eigenvalue weighted by molar-refractivity contribution is 5.02. The van der Waals surface area contributed by atoms with Crippen LogP contribution in [0.5, 0.6) is 0 Å². The van der Waals surface area contributed by atoms with Crippen molar-refractivity contribution in [3.8, 4) is 0 Å². The molecule has 0 amide bonds. The number of hydrogen-bond acceptors (Lipinski definition) is 2. The molecule has 0 spiro atoms. The zero-order valence-corrected chi connectivity index (χ0v) is 9.14. The molecule has 13 heavy (non-hydrogen) atoms. The zero-order chi connectivity index (χ0) is 9.47. The van der Waals surface area contributed by atoms with Crippen molar-refractivity contribution in [3.63, 3.8) is 0 Å². The molecule has 2 aliphatic rings. The molecule has 1 atom stereocenters. The molecule has 1 heterocycles. The maximum Gasteiger partial charge on any atom is 0.0309 e. The zero-order valence-electron chi connectivity index (χ0n) is 9.14. The van der Waals surface area contributed by atoms with E-state index in [-0.39, 0.29) is 0 Å². The fourth-order valence-corrected chi connectivity index (χ4v) is 2.84. The molecule has 2 heteroatoms. The molecular formula is C11H22N2. The van der Waals surface area contributed by atoms with E-state index in [0.717, 1.165) is 6.04 Å². The third kappa shape index (κ3) is 1.62. The van der Waals surface area contributed by atoms with Crippen LogP contribution >= 0.6 is 0 Å². The van der Waals surface area contributed by atoms with Crippen molar-refractivity contribution < 1.29 is 0 Å². The lowest BCUT2D eigenvalue weighted by Crippen LogP contribution is -2.60. The van der Waals surface area contributed by atoms with Crippen LogP contribution in [0.4, 0.5) is 0 Å². The van der Waals surface area contributed by atoms with E-state index in [1.165, 1.54) is 32.2 Å². The first-order valence-corrected chi connectivity index (χ1v) is 5.60. The summed E-state index contributed by atoms with van der Waals surface area (Å²) in [5.41, 5.74) is 0.369. The van der Waals surface area contributed by atoms with E-state index < -0.39 is 0 Å². The number of nitrogens with one attached hydrogen (secondary N) is 1. The van der Waals surface area contributed by atoms with Crippen molar-refractivity contribution in [1.82, 2.24) is 10.2 Å². The summed E-state index contributed by atoms with van der Waals surface area (Å²) in [7, 11) is 2.10. The Balaban J connectivity index is 2.08. The summed E-state index contributed by atoms with van der Waals surface area (Å²) in [5, 5.41) is 3.47. The summed E-state index contributed by atoms with van der Waals surface area (Å²) in [4.78, 5) is 2.72. The van der Waals surface area contributed by atoms with E-state index in [9.17, 15) is 0 Å². The van der Waals surface area contributed by atoms with Gasteiger partial charge in [0.1, 0.15) is 0 Å². The monoisotopic (exact) mass is 182 g/mol. The van der Waals surface area contributed by atoms with Crippen LogP contribution < -0.4 is 5.32 Å². The fraction of sp³-hybridized carbons (Fsp3) is 1.00. The SMILES string of the molecule is CNC1CCCN(C2CC2)C1(C)C. The molecule has 0 aromatic heterocycles. The van der Waals surface area contributed by atoms with Crippen molar-refractivity contribution in [2.75, 3.05) is 13.6 Å². The Hall–Kier alpha value is -0.0800. The molecule has 0 aromatic rings. The molecule has 1 saturated carbocycles. The highest BCUT2D eigenvalue weighted by Gasteiger charge is 2.44. The molecule has 1 N–H and O–H groups in total. The fourth-order valence-electron chi connectivity index (χ4n) is 2.84. The van der Waals surface area contributed by atoms with Crippen LogP contribution in [0.25, 0.3) is 0 Å². The average molecular weight is 182 g/mol. The molecule has 76 valence electrons. The van der Waals surface area contributed by atoms with E-state index >= 15 is 0 Å². The largest absolute Gasteiger partial charge is 0.315 e. The van der Waals surface area contributed by atoms with Gasteiger partial charge in [-0.3, -0.25) is 4.90 Å². The van der Waals surface area contributed by atoms with Gasteiger partial charge in [-0.05, 0) is 53.1 Å². The van der Waals surface area contributed by atoms with E-state index in [1.54, 1.807) is 0 Å². The maximum absolute atomic E-state index is 3.47. The smallest absolute Gasteiger partial charge is 0.0309 e. The molecule has 1 saturated heterocycles. The molecule has 0 radical (unpaired) electrons. The van der Waals surface area contributed by atoms with Crippen molar-refractivity contribution in [3.05, 3.63) is 0 Å². The summed E-state index contributed by atoms with van der Waals surface area (Å²) in [6, 6.07) is 1.59. The van der Waals surface area contributed by atoms with Gasteiger partial charge in [-0.1, -0.05) is 0 Å². The van der Waals surface area contributed by atoms with Gasteiger partial charge in [0.15, 0.2) is 0 Å². The standard InChI is InChI=1S/C11H22N2/c1-11(2)10(12-3)5-4-8-13(11)9-6-7-9/h9-10,12H,4-8H2,1-3H3. The highest BCUT2D eigenvalue weighted by atomic mass is 15.3. The Bertz CT molecular complexity index is 185. The van der Waals surface area contributed by atoms with E-state index in [2.05, 4.69) is 31.1 Å². The molecule has 1 aliphatic carbocycles. The van der Waals surface area contributed by atoms with Gasteiger partial charge >= 0.3 is 0 Å². The minimum Gasteiger partial charge on any atom is -0.315 e. The highest BCUT2D eigenvalue weighted by Crippen LogP contribution is 2.37. The molecule has 2 rings (SSSR count). The van der Waals surface area contributed by atoms with Crippen LogP contribution in [-0.4, -0.2) is 36.1 Å². The number of rotatable bonds is 2. The summed E-state index contributed by atoms with van der Waals surface area (Å²) >= 11 is 0. The molecule has 2 nitrogen and oxygen atoms in total. The van der Waals surface area contributed by atoms with Gasteiger partial charge in [0.05, 0.1) is 0 Å². The predicted octanol–water partition coefficient (Wildman–Crippen LogP) is 1.61. The van der Waals surface area contributed by atoms with Gasteiger partial charge in [-0.15, -0.1) is 0 Å². The lowest BCUT2D eigenvalue weighted by atomic mass is 9.85. The average Bonchev–Trinajstić information content (AvgIpc) is 2.86. The van der Waals surface area contributed by atoms with E-state index in [1.807, 2.05) is 0 Å². The number of hydrogen-bond donors (Lipinski definition) is 1. The minimum absolute atomic E-state index is 0.369. The van der Waals surface area contributed by atoms with Gasteiger partial charge in [-0.25, -0.2) is 0 Å². The lowest BCUT2D eigenvalue weighted by molar-refractivity contribution is 0.0384. The lowest BCUT2D eigenvalue weighted by Gasteiger charge is -2.48. The van der Waals surface area contributed by atoms with Gasteiger partial charge < -0.3 is 5.32 Å². The number of piperidine rings is 1. The number of likely N-dealkylation sites (N-methyl/N-ethyl adjacent to an activating group) is 1. The number of likely N-dealkylation sites (tertiary alicyclic amines) is 1. The molecule has 0 aromatic carbocycles. The Morgan fingerprint density at radius 3 is 2.46 bits per heavy atom. The minimum atomic E-state index is 0.369. The Kier molecular flexibility index (Phi) is 2.37. The Morgan fingerprint density at radius 1 is 1.23 bits per heavy atom. The molecule has 2 fully saturated rings. The first kappa shape index (κ1) is 9.47. The van der Waals surface area contributed by atoms with E-state index in [4.69, 9.17) is 0 Å². The second-order valence-electron chi connectivity index (χ2n) is 5.06. The van der Waals surface area contributed by atoms with Gasteiger partial charge in [0.25, 0.3) is 0 Å². The van der Waals surface area contributed by atoms with Crippen LogP contribution in [0.1, 0.15) is 39.5 Å². The first-order chi connectivity index (χ1) is 6.16. The molecular weight excluding hydrogens is 160 g/mol. The quantitative estimate of drug-likeness (QED) is 0.698. The van der Waals surface area contributed by atoms with Gasteiger partial charge in [0, 0.05) is 17.6 Å². The van der Waals surface area contributed by atoms with Crippen LogP contribution in [0.3, 0.4) is 0 Å². The van der Waals surface area contributed by atoms with Crippen LogP contribution in [0, 0.1) is 0 Å². The van der Waals surface area contributed by atoms with Gasteiger partial charge in [0.2, 0.25) is 0 Å². The summed E-state index contributed by atoms with van der Waals surface area (Å²) in [6.07, 6.45) is 5.57. The Labute approximate surface area is 81.7 Å². The second kappa shape index (κ2) is 3.25. The van der Waals surface area contributed by atoms with E-state index in [0.29, 0.717) is 11.6 Å². The van der Waals surface area contributed by atoms with Crippen LogP contribution in [-0.2, 0) is 0 Å². The predicted molar refractivity (Wildman–Crippen MR) is 55.9 cm³/mol. The summed E-state index contributed by atoms with van der Waals surface area (Å²) in [5.74, 6) is 0. The van der Waals surface area contributed by atoms with Crippen molar-refractivity contribution in [1.29, 1.82) is 0 Å². The third-order valence-electron chi connectivity index (χ3n) is 3.82. The summed E-state index contributed by atoms with van der Waals surface area (Å²) < 4.78 is 0. The normalized spacial score (nSPS) is 34.8. The molecule has 1 aliphatic heterocycles. The molecule has 0 bridgehead atoms. The van der Waals surface area contributed by atoms with Crippen molar-refractivity contribution >= 4 is 0 Å².